The summed E-state index contributed by atoms with van der Waals surface area (Å²) in [6.45, 7) is 1.01. The van der Waals surface area contributed by atoms with Gasteiger partial charge in [0.1, 0.15) is 6.04 Å². The third kappa shape index (κ3) is 5.96. The van der Waals surface area contributed by atoms with E-state index in [4.69, 9.17) is 18.9 Å². The minimum Gasteiger partial charge on any atom is -0.452 e. The molecule has 3 aromatic rings. The first-order valence-corrected chi connectivity index (χ1v) is 12.0. The molecule has 0 radical (unpaired) electrons. The van der Waals surface area contributed by atoms with Gasteiger partial charge in [-0.05, 0) is 36.4 Å². The van der Waals surface area contributed by atoms with E-state index >= 15 is 0 Å². The first-order chi connectivity index (χ1) is 18.4. The molecule has 1 fully saturated rings. The van der Waals surface area contributed by atoms with Crippen molar-refractivity contribution in [1.29, 1.82) is 0 Å². The fourth-order valence-corrected chi connectivity index (χ4v) is 4.23. The fourth-order valence-electron chi connectivity index (χ4n) is 4.23. The summed E-state index contributed by atoms with van der Waals surface area (Å²) in [7, 11) is 1.35. The number of amides is 2. The van der Waals surface area contributed by atoms with Crippen molar-refractivity contribution in [2.24, 2.45) is 0 Å². The van der Waals surface area contributed by atoms with Gasteiger partial charge in [-0.25, -0.2) is 9.59 Å². The molecule has 0 bridgehead atoms. The number of carbonyl (C=O) groups is 4. The van der Waals surface area contributed by atoms with E-state index in [1.807, 2.05) is 0 Å². The second-order valence-electron chi connectivity index (χ2n) is 8.54. The normalized spacial score (nSPS) is 20.7. The van der Waals surface area contributed by atoms with E-state index in [2.05, 4.69) is 0 Å². The number of methoxy groups -OCH3 is 1. The lowest BCUT2D eigenvalue weighted by Crippen LogP contribution is -2.64. The lowest BCUT2D eigenvalue weighted by atomic mass is 9.98. The molecule has 0 aliphatic carbocycles. The predicted octanol–water partition coefficient (Wildman–Crippen LogP) is 3.50. The average molecular weight is 518 g/mol. The number of esters is 2. The minimum absolute atomic E-state index is 0.219. The predicted molar refractivity (Wildman–Crippen MR) is 135 cm³/mol. The van der Waals surface area contributed by atoms with Gasteiger partial charge >= 0.3 is 11.9 Å². The number of ether oxygens (including phenoxy) is 4. The SMILES string of the molecule is CO[C@@H]1OC[C@H](N(C(C)=O)C(=O)c2ccccc2)[C@@H](OC(=O)c2ccccc2)[C@H]1OC(=O)c1ccccc1. The second-order valence-corrected chi connectivity index (χ2v) is 8.54. The third-order valence-corrected chi connectivity index (χ3v) is 6.05. The number of hydrogen-bond acceptors (Lipinski definition) is 8. The zero-order valence-electron chi connectivity index (χ0n) is 20.9. The summed E-state index contributed by atoms with van der Waals surface area (Å²) >= 11 is 0. The molecule has 2 amide bonds. The van der Waals surface area contributed by atoms with E-state index in [1.54, 1.807) is 91.0 Å². The Morgan fingerprint density at radius 3 is 1.61 bits per heavy atom. The Morgan fingerprint density at radius 2 is 1.16 bits per heavy atom. The molecule has 0 aromatic heterocycles. The van der Waals surface area contributed by atoms with Crippen LogP contribution in [0.1, 0.15) is 38.0 Å². The van der Waals surface area contributed by atoms with Gasteiger partial charge in [0.05, 0.1) is 17.7 Å². The van der Waals surface area contributed by atoms with Crippen molar-refractivity contribution in [3.63, 3.8) is 0 Å². The van der Waals surface area contributed by atoms with Gasteiger partial charge in [-0.1, -0.05) is 54.6 Å². The van der Waals surface area contributed by atoms with Crippen LogP contribution in [-0.2, 0) is 23.7 Å². The molecule has 196 valence electrons. The lowest BCUT2D eigenvalue weighted by molar-refractivity contribution is -0.247. The van der Waals surface area contributed by atoms with E-state index in [0.29, 0.717) is 0 Å². The van der Waals surface area contributed by atoms with E-state index < -0.39 is 48.3 Å². The van der Waals surface area contributed by atoms with Crippen molar-refractivity contribution in [3.8, 4) is 0 Å². The lowest BCUT2D eigenvalue weighted by Gasteiger charge is -2.43. The fraction of sp³-hybridized carbons (Fsp3) is 0.241. The van der Waals surface area contributed by atoms with Crippen LogP contribution >= 0.6 is 0 Å². The monoisotopic (exact) mass is 517 g/mol. The molecule has 1 saturated heterocycles. The van der Waals surface area contributed by atoms with Crippen molar-refractivity contribution in [2.75, 3.05) is 13.7 Å². The Bertz CT molecular complexity index is 1270. The van der Waals surface area contributed by atoms with E-state index in [1.165, 1.54) is 14.0 Å². The molecule has 0 saturated carbocycles. The minimum atomic E-state index is -1.30. The third-order valence-electron chi connectivity index (χ3n) is 6.05. The first-order valence-electron chi connectivity index (χ1n) is 12.0. The van der Waals surface area contributed by atoms with Gasteiger partial charge in [0.15, 0.2) is 18.5 Å². The van der Waals surface area contributed by atoms with Gasteiger partial charge in [0.2, 0.25) is 5.91 Å². The highest BCUT2D eigenvalue weighted by Gasteiger charge is 2.50. The summed E-state index contributed by atoms with van der Waals surface area (Å²) < 4.78 is 22.8. The Labute approximate surface area is 219 Å². The molecule has 9 nitrogen and oxygen atoms in total. The maximum absolute atomic E-state index is 13.5. The maximum atomic E-state index is 13.5. The molecule has 0 unspecified atom stereocenters. The van der Waals surface area contributed by atoms with Crippen LogP contribution in [0.3, 0.4) is 0 Å². The molecule has 4 rings (SSSR count). The van der Waals surface area contributed by atoms with Crippen LogP contribution in [0.25, 0.3) is 0 Å². The molecule has 1 aliphatic rings. The van der Waals surface area contributed by atoms with E-state index in [0.717, 1.165) is 4.90 Å². The molecule has 0 spiro atoms. The molecule has 4 atom stereocenters. The largest absolute Gasteiger partial charge is 0.452 e. The van der Waals surface area contributed by atoms with Crippen LogP contribution in [0.4, 0.5) is 0 Å². The quantitative estimate of drug-likeness (QED) is 0.438. The number of imide groups is 1. The molecule has 0 N–H and O–H groups in total. The van der Waals surface area contributed by atoms with Gasteiger partial charge in [-0.3, -0.25) is 14.5 Å². The smallest absolute Gasteiger partial charge is 0.338 e. The number of benzene rings is 3. The van der Waals surface area contributed by atoms with Crippen molar-refractivity contribution in [1.82, 2.24) is 4.90 Å². The molecule has 1 aliphatic heterocycles. The van der Waals surface area contributed by atoms with Gasteiger partial charge in [-0.15, -0.1) is 0 Å². The molecule has 1 heterocycles. The summed E-state index contributed by atoms with van der Waals surface area (Å²) in [5, 5.41) is 0. The van der Waals surface area contributed by atoms with Crippen LogP contribution in [0, 0.1) is 0 Å². The maximum Gasteiger partial charge on any atom is 0.338 e. The summed E-state index contributed by atoms with van der Waals surface area (Å²) in [4.78, 5) is 53.4. The summed E-state index contributed by atoms with van der Waals surface area (Å²) in [5.41, 5.74) is 0.743. The topological polar surface area (TPSA) is 108 Å². The number of carbonyl (C=O) groups excluding carboxylic acids is 4. The van der Waals surface area contributed by atoms with Crippen LogP contribution in [0.15, 0.2) is 91.0 Å². The Hall–Kier alpha value is -4.34. The molecule has 9 heteroatoms. The highest BCUT2D eigenvalue weighted by molar-refractivity contribution is 6.04. The average Bonchev–Trinajstić information content (AvgIpc) is 2.95. The molecular formula is C29H27NO8. The van der Waals surface area contributed by atoms with Crippen molar-refractivity contribution >= 4 is 23.8 Å². The van der Waals surface area contributed by atoms with Gasteiger partial charge in [0, 0.05) is 19.6 Å². The van der Waals surface area contributed by atoms with Crippen LogP contribution < -0.4 is 0 Å². The Kier molecular flexibility index (Phi) is 8.62. The summed E-state index contributed by atoms with van der Waals surface area (Å²) in [5.74, 6) is -2.66. The molecule has 3 aromatic carbocycles. The number of nitrogens with zero attached hydrogens (tertiary/aromatic N) is 1. The standard InChI is InChI=1S/C29H27NO8/c1-19(31)30(26(32)20-12-6-3-7-13-20)23-18-36-29(35-2)25(38-28(34)22-16-10-5-11-17-22)24(23)37-27(33)21-14-8-4-9-15-21/h3-17,23-25,29H,18H2,1-2H3/t23-,24+,25+,29+/m0/s1. The molecule has 38 heavy (non-hydrogen) atoms. The van der Waals surface area contributed by atoms with Crippen LogP contribution in [0.2, 0.25) is 0 Å². The van der Waals surface area contributed by atoms with Gasteiger partial charge in [-0.2, -0.15) is 0 Å². The van der Waals surface area contributed by atoms with Gasteiger partial charge in [0.25, 0.3) is 5.91 Å². The number of rotatable bonds is 7. The van der Waals surface area contributed by atoms with E-state index in [9.17, 15) is 19.2 Å². The van der Waals surface area contributed by atoms with Crippen LogP contribution in [-0.4, -0.2) is 66.9 Å². The Morgan fingerprint density at radius 1 is 0.711 bits per heavy atom. The van der Waals surface area contributed by atoms with Crippen molar-refractivity contribution < 1.29 is 38.1 Å². The summed E-state index contributed by atoms with van der Waals surface area (Å²) in [6, 6.07) is 23.5. The first kappa shape index (κ1) is 26.7. The van der Waals surface area contributed by atoms with Crippen molar-refractivity contribution in [2.45, 2.75) is 31.5 Å². The Balaban J connectivity index is 1.73. The highest BCUT2D eigenvalue weighted by atomic mass is 16.7. The highest BCUT2D eigenvalue weighted by Crippen LogP contribution is 2.28. The zero-order valence-corrected chi connectivity index (χ0v) is 20.9. The summed E-state index contributed by atoms with van der Waals surface area (Å²) in [6.07, 6.45) is -3.73. The van der Waals surface area contributed by atoms with E-state index in [-0.39, 0.29) is 23.3 Å². The number of hydrogen-bond donors (Lipinski definition) is 0. The van der Waals surface area contributed by atoms with Crippen molar-refractivity contribution in [3.05, 3.63) is 108 Å². The van der Waals surface area contributed by atoms with Crippen LogP contribution in [0.5, 0.6) is 0 Å². The zero-order chi connectivity index (χ0) is 27.1. The van der Waals surface area contributed by atoms with Gasteiger partial charge < -0.3 is 18.9 Å². The molecular weight excluding hydrogens is 490 g/mol. The second kappa shape index (κ2) is 12.3.